The Morgan fingerprint density at radius 2 is 1.68 bits per heavy atom. The van der Waals surface area contributed by atoms with Crippen molar-refractivity contribution >= 4 is 10.1 Å². The zero-order chi connectivity index (χ0) is 16.5. The Kier molecular flexibility index (Phi) is 4.05. The molecule has 0 amide bonds. The molecule has 0 aliphatic heterocycles. The first kappa shape index (κ1) is 16.1. The summed E-state index contributed by atoms with van der Waals surface area (Å²) in [5.74, 6) is -1.24. The fourth-order valence-electron chi connectivity index (χ4n) is 1.47. The van der Waals surface area contributed by atoms with Gasteiger partial charge in [0.25, 0.3) is 5.88 Å². The summed E-state index contributed by atoms with van der Waals surface area (Å²) in [5.41, 5.74) is -4.84. The standard InChI is InChI=1S/C12H8F4N2O3S/c1-7-6-10(8-2-4-9(13)5-3-8)17-18-11(7)21-22(19,20)12(14,15)16/h2-6H,1H3. The third kappa shape index (κ3) is 3.32. The largest absolute Gasteiger partial charge is 0.534 e. The molecule has 2 rings (SSSR count). The fraction of sp³-hybridized carbons (Fsp3) is 0.167. The Hall–Kier alpha value is -2.23. The maximum atomic E-state index is 12.8. The van der Waals surface area contributed by atoms with Crippen molar-refractivity contribution in [2.75, 3.05) is 0 Å². The predicted molar refractivity (Wildman–Crippen MR) is 67.8 cm³/mol. The second-order valence-electron chi connectivity index (χ2n) is 4.21. The molecule has 10 heteroatoms. The number of hydrogen-bond donors (Lipinski definition) is 0. The Morgan fingerprint density at radius 3 is 2.18 bits per heavy atom. The monoisotopic (exact) mass is 336 g/mol. The lowest BCUT2D eigenvalue weighted by Gasteiger charge is -2.10. The van der Waals surface area contributed by atoms with Gasteiger partial charge >= 0.3 is 15.6 Å². The predicted octanol–water partition coefficient (Wildman–Crippen LogP) is 2.82. The maximum absolute atomic E-state index is 12.8. The average Bonchev–Trinajstić information content (AvgIpc) is 2.40. The molecule has 0 radical (unpaired) electrons. The van der Waals surface area contributed by atoms with Gasteiger partial charge in [-0.05, 0) is 37.3 Å². The molecule has 0 spiro atoms. The van der Waals surface area contributed by atoms with Crippen LogP contribution in [0.15, 0.2) is 30.3 Å². The van der Waals surface area contributed by atoms with Gasteiger partial charge in [0.1, 0.15) is 5.82 Å². The van der Waals surface area contributed by atoms with Crippen molar-refractivity contribution in [3.05, 3.63) is 41.7 Å². The van der Waals surface area contributed by atoms with Crippen molar-refractivity contribution < 1.29 is 30.2 Å². The van der Waals surface area contributed by atoms with Crippen LogP contribution in [-0.2, 0) is 10.1 Å². The molecule has 0 saturated heterocycles. The van der Waals surface area contributed by atoms with Crippen molar-refractivity contribution in [3.63, 3.8) is 0 Å². The number of alkyl halides is 3. The van der Waals surface area contributed by atoms with Crippen molar-refractivity contribution in [2.24, 2.45) is 0 Å². The van der Waals surface area contributed by atoms with Gasteiger partial charge in [-0.3, -0.25) is 0 Å². The topological polar surface area (TPSA) is 69.2 Å². The highest BCUT2D eigenvalue weighted by atomic mass is 32.2. The minimum Gasteiger partial charge on any atom is -0.353 e. The van der Waals surface area contributed by atoms with Gasteiger partial charge in [0, 0.05) is 11.1 Å². The first-order valence-electron chi connectivity index (χ1n) is 5.71. The second-order valence-corrected chi connectivity index (χ2v) is 5.75. The highest BCUT2D eigenvalue weighted by Crippen LogP contribution is 2.28. The van der Waals surface area contributed by atoms with Gasteiger partial charge in [-0.15, -0.1) is 10.2 Å². The van der Waals surface area contributed by atoms with E-state index in [2.05, 4.69) is 14.4 Å². The number of aromatic nitrogens is 2. The summed E-state index contributed by atoms with van der Waals surface area (Å²) in [5, 5.41) is 6.91. The molecular formula is C12H8F4N2O3S. The van der Waals surface area contributed by atoms with E-state index in [-0.39, 0.29) is 11.3 Å². The van der Waals surface area contributed by atoms with E-state index < -0.39 is 27.3 Å². The van der Waals surface area contributed by atoms with Crippen LogP contribution in [0, 0.1) is 12.7 Å². The number of rotatable bonds is 3. The van der Waals surface area contributed by atoms with Crippen LogP contribution in [0.4, 0.5) is 17.6 Å². The second kappa shape index (κ2) is 5.52. The smallest absolute Gasteiger partial charge is 0.353 e. The van der Waals surface area contributed by atoms with E-state index in [1.54, 1.807) is 0 Å². The minimum atomic E-state index is -5.81. The van der Waals surface area contributed by atoms with E-state index in [1.165, 1.54) is 37.3 Å². The summed E-state index contributed by atoms with van der Waals surface area (Å²) in [6, 6.07) is 6.41. The highest BCUT2D eigenvalue weighted by molar-refractivity contribution is 7.87. The molecule has 2 aromatic rings. The summed E-state index contributed by atoms with van der Waals surface area (Å²) in [6.45, 7) is 1.31. The lowest BCUT2D eigenvalue weighted by molar-refractivity contribution is -0.0501. The van der Waals surface area contributed by atoms with Crippen LogP contribution in [0.5, 0.6) is 5.88 Å². The zero-order valence-electron chi connectivity index (χ0n) is 10.9. The molecule has 0 aliphatic carbocycles. The van der Waals surface area contributed by atoms with Gasteiger partial charge in [-0.2, -0.15) is 21.6 Å². The minimum absolute atomic E-state index is 0.0298. The van der Waals surface area contributed by atoms with Gasteiger partial charge < -0.3 is 4.18 Å². The van der Waals surface area contributed by atoms with E-state index in [1.807, 2.05) is 0 Å². The van der Waals surface area contributed by atoms with Crippen LogP contribution in [0.25, 0.3) is 11.3 Å². The van der Waals surface area contributed by atoms with Crippen LogP contribution in [0.2, 0.25) is 0 Å². The summed E-state index contributed by atoms with van der Waals surface area (Å²) < 4.78 is 75.3. The normalized spacial score (nSPS) is 12.2. The molecule has 1 aromatic heterocycles. The Labute approximate surface area is 122 Å². The SMILES string of the molecule is Cc1cc(-c2ccc(F)cc2)nnc1OS(=O)(=O)C(F)(F)F. The summed E-state index contributed by atoms with van der Waals surface area (Å²) in [4.78, 5) is 0. The van der Waals surface area contributed by atoms with Crippen molar-refractivity contribution in [1.29, 1.82) is 0 Å². The molecule has 5 nitrogen and oxygen atoms in total. The molecule has 0 N–H and O–H groups in total. The van der Waals surface area contributed by atoms with E-state index in [0.717, 1.165) is 0 Å². The summed E-state index contributed by atoms with van der Waals surface area (Å²) in [6.07, 6.45) is 0. The average molecular weight is 336 g/mol. The van der Waals surface area contributed by atoms with Crippen LogP contribution >= 0.6 is 0 Å². The number of halogens is 4. The molecule has 1 aromatic carbocycles. The molecule has 0 saturated carbocycles. The summed E-state index contributed by atoms with van der Waals surface area (Å²) in [7, 11) is -5.81. The van der Waals surface area contributed by atoms with Gasteiger partial charge in [-0.1, -0.05) is 0 Å². The van der Waals surface area contributed by atoms with E-state index >= 15 is 0 Å². The molecule has 1 heterocycles. The van der Waals surface area contributed by atoms with Gasteiger partial charge in [0.2, 0.25) is 0 Å². The van der Waals surface area contributed by atoms with Gasteiger partial charge in [-0.25, -0.2) is 4.39 Å². The number of aryl methyl sites for hydroxylation is 1. The first-order valence-corrected chi connectivity index (χ1v) is 7.12. The molecule has 118 valence electrons. The lowest BCUT2D eigenvalue weighted by Crippen LogP contribution is -2.28. The van der Waals surface area contributed by atoms with Crippen molar-refractivity contribution in [2.45, 2.75) is 12.4 Å². The molecule has 0 aliphatic rings. The van der Waals surface area contributed by atoms with Crippen LogP contribution in [-0.4, -0.2) is 24.1 Å². The molecular weight excluding hydrogens is 328 g/mol. The number of nitrogens with zero attached hydrogens (tertiary/aromatic N) is 2. The molecule has 0 fully saturated rings. The molecule has 0 atom stereocenters. The van der Waals surface area contributed by atoms with Crippen molar-refractivity contribution in [1.82, 2.24) is 10.2 Å². The third-order valence-corrected chi connectivity index (χ3v) is 3.50. The van der Waals surface area contributed by atoms with Crippen LogP contribution in [0.3, 0.4) is 0 Å². The van der Waals surface area contributed by atoms with Crippen LogP contribution < -0.4 is 4.18 Å². The Bertz CT molecular complexity index is 789. The molecule has 0 bridgehead atoms. The Balaban J connectivity index is 2.33. The van der Waals surface area contributed by atoms with Crippen LogP contribution in [0.1, 0.15) is 5.56 Å². The first-order chi connectivity index (χ1) is 10.1. The zero-order valence-corrected chi connectivity index (χ0v) is 11.7. The molecule has 22 heavy (non-hydrogen) atoms. The number of benzene rings is 1. The Morgan fingerprint density at radius 1 is 1.09 bits per heavy atom. The van der Waals surface area contributed by atoms with Gasteiger partial charge in [0.15, 0.2) is 0 Å². The van der Waals surface area contributed by atoms with E-state index in [9.17, 15) is 26.0 Å². The fourth-order valence-corrected chi connectivity index (χ4v) is 1.94. The highest BCUT2D eigenvalue weighted by Gasteiger charge is 2.49. The number of hydrogen-bond acceptors (Lipinski definition) is 5. The summed E-state index contributed by atoms with van der Waals surface area (Å²) >= 11 is 0. The quantitative estimate of drug-likeness (QED) is 0.490. The third-order valence-electron chi connectivity index (χ3n) is 2.55. The van der Waals surface area contributed by atoms with E-state index in [0.29, 0.717) is 5.56 Å². The van der Waals surface area contributed by atoms with Crippen molar-refractivity contribution in [3.8, 4) is 17.1 Å². The lowest BCUT2D eigenvalue weighted by atomic mass is 10.1. The molecule has 0 unspecified atom stereocenters. The van der Waals surface area contributed by atoms with Gasteiger partial charge in [0.05, 0.1) is 5.69 Å². The maximum Gasteiger partial charge on any atom is 0.534 e. The van der Waals surface area contributed by atoms with E-state index in [4.69, 9.17) is 0 Å².